The zero-order valence-electron chi connectivity index (χ0n) is 24.9. The van der Waals surface area contributed by atoms with Crippen molar-refractivity contribution >= 4 is 29.4 Å². The molecule has 5 rings (SSSR count). The minimum absolute atomic E-state index is 0.0798. The minimum Gasteiger partial charge on any atom is -0.507 e. The molecule has 4 atom stereocenters. The highest BCUT2D eigenvalue weighted by atomic mass is 16.5. The molecule has 2 heterocycles. The molecule has 0 unspecified atom stereocenters. The van der Waals surface area contributed by atoms with Crippen molar-refractivity contribution in [2.24, 2.45) is 17.8 Å². The van der Waals surface area contributed by atoms with Gasteiger partial charge in [0.1, 0.15) is 5.75 Å². The molecule has 2 fully saturated rings. The summed E-state index contributed by atoms with van der Waals surface area (Å²) in [5.41, 5.74) is 6.66. The van der Waals surface area contributed by atoms with Gasteiger partial charge >= 0.3 is 5.97 Å². The van der Waals surface area contributed by atoms with Crippen LogP contribution >= 0.6 is 0 Å². The summed E-state index contributed by atoms with van der Waals surface area (Å²) >= 11 is 0. The number of hydrogen-bond acceptors (Lipinski definition) is 6. The van der Waals surface area contributed by atoms with Gasteiger partial charge in [0.15, 0.2) is 0 Å². The number of phenolic OH excluding ortho intramolecular Hbond substituents is 1. The van der Waals surface area contributed by atoms with Crippen molar-refractivity contribution in [3.05, 3.63) is 75.9 Å². The van der Waals surface area contributed by atoms with E-state index in [2.05, 4.69) is 18.2 Å². The molecule has 3 aliphatic rings. The number of rotatable bonds is 12. The fourth-order valence-electron chi connectivity index (χ4n) is 7.14. The van der Waals surface area contributed by atoms with Crippen LogP contribution in [0.4, 0.5) is 0 Å². The first-order valence-corrected chi connectivity index (χ1v) is 15.3. The molecule has 2 aromatic carbocycles. The van der Waals surface area contributed by atoms with E-state index in [1.54, 1.807) is 0 Å². The molecule has 228 valence electrons. The molecule has 3 N–H and O–H groups in total. The SMILES string of the molecule is Cc1cc(/C=C(/CC[C@H]2OC[C@H]3C2=C(CO)C[C@H]2C(=O)N(CCCCCC(=O)O)C(=O)[C@H]23)c2ccccc2)cc(C)c1O. The predicted octanol–water partition coefficient (Wildman–Crippen LogP) is 5.28. The van der Waals surface area contributed by atoms with Crippen molar-refractivity contribution in [3.63, 3.8) is 0 Å². The lowest BCUT2D eigenvalue weighted by molar-refractivity contribution is -0.141. The van der Waals surface area contributed by atoms with Crippen molar-refractivity contribution in [3.8, 4) is 5.75 Å². The van der Waals surface area contributed by atoms with Gasteiger partial charge in [-0.3, -0.25) is 19.3 Å². The third-order valence-electron chi connectivity index (χ3n) is 9.24. The number of unbranched alkanes of at least 4 members (excludes halogenated alkanes) is 2. The summed E-state index contributed by atoms with van der Waals surface area (Å²) in [7, 11) is 0. The van der Waals surface area contributed by atoms with Crippen LogP contribution in [0.3, 0.4) is 0 Å². The van der Waals surface area contributed by atoms with E-state index in [4.69, 9.17) is 9.84 Å². The maximum absolute atomic E-state index is 13.5. The highest BCUT2D eigenvalue weighted by molar-refractivity contribution is 6.06. The Labute approximate surface area is 252 Å². The number of hydrogen-bond donors (Lipinski definition) is 3. The Morgan fingerprint density at radius 3 is 2.40 bits per heavy atom. The summed E-state index contributed by atoms with van der Waals surface area (Å²) in [5.74, 6) is -2.08. The molecule has 2 aliphatic heterocycles. The Bertz CT molecular complexity index is 1420. The number of benzene rings is 2. The summed E-state index contributed by atoms with van der Waals surface area (Å²) < 4.78 is 6.32. The fourth-order valence-corrected chi connectivity index (χ4v) is 7.14. The lowest BCUT2D eigenvalue weighted by Gasteiger charge is -2.31. The zero-order valence-corrected chi connectivity index (χ0v) is 24.9. The Morgan fingerprint density at radius 1 is 1.00 bits per heavy atom. The van der Waals surface area contributed by atoms with Gasteiger partial charge in [0.2, 0.25) is 11.8 Å². The van der Waals surface area contributed by atoms with E-state index in [0.717, 1.165) is 39.0 Å². The zero-order chi connectivity index (χ0) is 30.7. The summed E-state index contributed by atoms with van der Waals surface area (Å²) in [6.07, 6.45) is 5.43. The van der Waals surface area contributed by atoms with E-state index in [-0.39, 0.29) is 36.9 Å². The standard InChI is InChI=1S/C35H41NO7/c1-21-15-23(16-22(2)33(21)40)17-25(24-9-5-3-6-10-24)12-13-29-31-26(19-37)18-27-32(28(31)20-43-29)35(42)36(34(27)41)14-8-4-7-11-30(38)39/h3,5-6,9-10,15-17,27-29,32,37,40H,4,7-8,11-14,18-20H2,1-2H3,(H,38,39)/b25-17-/t27-,28+,29-,32-/m1/s1. The van der Waals surface area contributed by atoms with Crippen LogP contribution in [-0.2, 0) is 19.1 Å². The molecule has 43 heavy (non-hydrogen) atoms. The van der Waals surface area contributed by atoms with Gasteiger partial charge in [-0.1, -0.05) is 42.8 Å². The Kier molecular flexibility index (Phi) is 9.47. The van der Waals surface area contributed by atoms with Gasteiger partial charge in [0, 0.05) is 18.9 Å². The maximum Gasteiger partial charge on any atom is 0.303 e. The number of ether oxygens (including phenoxy) is 1. The number of aliphatic hydroxyl groups is 1. The van der Waals surface area contributed by atoms with Crippen LogP contribution < -0.4 is 0 Å². The normalized spacial score (nSPS) is 23.6. The second-order valence-electron chi connectivity index (χ2n) is 12.1. The van der Waals surface area contributed by atoms with Crippen LogP contribution in [0.2, 0.25) is 0 Å². The van der Waals surface area contributed by atoms with Crippen LogP contribution in [0, 0.1) is 31.6 Å². The third-order valence-corrected chi connectivity index (χ3v) is 9.24. The van der Waals surface area contributed by atoms with Crippen LogP contribution in [0.5, 0.6) is 5.75 Å². The number of likely N-dealkylation sites (tertiary alicyclic amines) is 1. The van der Waals surface area contributed by atoms with Crippen molar-refractivity contribution in [1.29, 1.82) is 0 Å². The lowest BCUT2D eigenvalue weighted by Crippen LogP contribution is -2.35. The molecule has 1 aliphatic carbocycles. The molecule has 8 nitrogen and oxygen atoms in total. The first-order valence-electron chi connectivity index (χ1n) is 15.3. The van der Waals surface area contributed by atoms with Crippen LogP contribution in [0.15, 0.2) is 53.6 Å². The smallest absolute Gasteiger partial charge is 0.303 e. The molecule has 0 radical (unpaired) electrons. The topological polar surface area (TPSA) is 124 Å². The number of nitrogens with zero attached hydrogens (tertiary/aromatic N) is 1. The summed E-state index contributed by atoms with van der Waals surface area (Å²) in [6.45, 7) is 4.26. The number of carboxylic acids is 1. The van der Waals surface area contributed by atoms with Gasteiger partial charge in [-0.15, -0.1) is 0 Å². The Morgan fingerprint density at radius 2 is 1.72 bits per heavy atom. The molecule has 2 saturated heterocycles. The van der Waals surface area contributed by atoms with Crippen LogP contribution in [0.25, 0.3) is 11.6 Å². The molecular formula is C35H41NO7. The van der Waals surface area contributed by atoms with Gasteiger partial charge < -0.3 is 20.1 Å². The highest BCUT2D eigenvalue weighted by Crippen LogP contribution is 2.50. The number of amides is 2. The number of carbonyl (C=O) groups excluding carboxylic acids is 2. The molecule has 0 bridgehead atoms. The molecule has 0 spiro atoms. The Hall–Kier alpha value is -3.75. The number of aliphatic hydroxyl groups excluding tert-OH is 1. The van der Waals surface area contributed by atoms with Gasteiger partial charge in [-0.05, 0) is 97.1 Å². The summed E-state index contributed by atoms with van der Waals surface area (Å²) in [6, 6.07) is 14.1. The van der Waals surface area contributed by atoms with Crippen LogP contribution in [-0.4, -0.2) is 63.9 Å². The summed E-state index contributed by atoms with van der Waals surface area (Å²) in [4.78, 5) is 39.0. The lowest BCUT2D eigenvalue weighted by atomic mass is 9.69. The van der Waals surface area contributed by atoms with E-state index < -0.39 is 17.8 Å². The van der Waals surface area contributed by atoms with Crippen LogP contribution in [0.1, 0.15) is 67.2 Å². The molecule has 8 heteroatoms. The molecule has 0 aromatic heterocycles. The minimum atomic E-state index is -0.845. The second-order valence-corrected chi connectivity index (χ2v) is 12.1. The molecular weight excluding hydrogens is 546 g/mol. The van der Waals surface area contributed by atoms with Gasteiger partial charge in [0.05, 0.1) is 31.2 Å². The number of fused-ring (bicyclic) bond motifs is 3. The quantitative estimate of drug-likeness (QED) is 0.134. The number of imide groups is 1. The van der Waals surface area contributed by atoms with Gasteiger partial charge in [-0.25, -0.2) is 0 Å². The monoisotopic (exact) mass is 587 g/mol. The number of carbonyl (C=O) groups is 3. The number of aliphatic carboxylic acids is 1. The van der Waals surface area contributed by atoms with E-state index >= 15 is 0 Å². The first kappa shape index (κ1) is 30.7. The number of carboxylic acid groups (broad SMARTS) is 1. The van der Waals surface area contributed by atoms with E-state index in [0.29, 0.717) is 57.4 Å². The van der Waals surface area contributed by atoms with E-state index in [9.17, 15) is 24.6 Å². The average Bonchev–Trinajstić information content (AvgIpc) is 3.52. The second kappa shape index (κ2) is 13.3. The van der Waals surface area contributed by atoms with Crippen molar-refractivity contribution < 1.29 is 34.4 Å². The molecule has 2 aromatic rings. The number of aryl methyl sites for hydroxylation is 2. The van der Waals surface area contributed by atoms with Gasteiger partial charge in [-0.2, -0.15) is 0 Å². The molecule has 2 amide bonds. The number of aromatic hydroxyl groups is 1. The van der Waals surface area contributed by atoms with E-state index in [1.165, 1.54) is 4.90 Å². The fraction of sp³-hybridized carbons (Fsp3) is 0.457. The predicted molar refractivity (Wildman–Crippen MR) is 163 cm³/mol. The summed E-state index contributed by atoms with van der Waals surface area (Å²) in [5, 5.41) is 29.5. The maximum atomic E-state index is 13.5. The number of allylic oxidation sites excluding steroid dienone is 1. The van der Waals surface area contributed by atoms with Crippen molar-refractivity contribution in [2.45, 2.75) is 64.9 Å². The van der Waals surface area contributed by atoms with E-state index in [1.807, 2.05) is 44.2 Å². The Balaban J connectivity index is 1.33. The van der Waals surface area contributed by atoms with Gasteiger partial charge in [0.25, 0.3) is 0 Å². The number of phenols is 1. The average molecular weight is 588 g/mol. The third kappa shape index (κ3) is 6.45. The molecule has 0 saturated carbocycles. The van der Waals surface area contributed by atoms with Crippen molar-refractivity contribution in [1.82, 2.24) is 4.90 Å². The largest absolute Gasteiger partial charge is 0.507 e. The highest BCUT2D eigenvalue weighted by Gasteiger charge is 2.56. The first-order chi connectivity index (χ1) is 20.7. The van der Waals surface area contributed by atoms with Crippen molar-refractivity contribution in [2.75, 3.05) is 19.8 Å².